The lowest BCUT2D eigenvalue weighted by Crippen LogP contribution is -2.46. The summed E-state index contributed by atoms with van der Waals surface area (Å²) in [5, 5.41) is 3.14. The largest absolute Gasteiger partial charge is 0.374 e. The molecule has 1 N–H and O–H groups in total. The van der Waals surface area contributed by atoms with Gasteiger partial charge in [-0.15, -0.1) is 0 Å². The van der Waals surface area contributed by atoms with E-state index in [4.69, 9.17) is 4.74 Å². The van der Waals surface area contributed by atoms with E-state index in [0.29, 0.717) is 13.1 Å². The van der Waals surface area contributed by atoms with E-state index < -0.39 is 0 Å². The van der Waals surface area contributed by atoms with Crippen LogP contribution in [-0.2, 0) is 16.1 Å². The van der Waals surface area contributed by atoms with Crippen LogP contribution in [0.15, 0.2) is 24.3 Å². The second-order valence-electron chi connectivity index (χ2n) is 5.77. The van der Waals surface area contributed by atoms with E-state index in [0.717, 1.165) is 25.3 Å². The van der Waals surface area contributed by atoms with Crippen LogP contribution in [0.4, 0.5) is 4.39 Å². The lowest BCUT2D eigenvalue weighted by atomic mass is 10.2. The Morgan fingerprint density at radius 3 is 3.09 bits per heavy atom. The first kappa shape index (κ1) is 16.9. The highest BCUT2D eigenvalue weighted by Crippen LogP contribution is 2.06. The number of rotatable bonds is 6. The molecule has 0 radical (unpaired) electrons. The van der Waals surface area contributed by atoms with Crippen molar-refractivity contribution in [1.82, 2.24) is 15.1 Å². The molecule has 1 aliphatic heterocycles. The number of ether oxygens (including phenoxy) is 1. The molecule has 1 saturated heterocycles. The van der Waals surface area contributed by atoms with Crippen molar-refractivity contribution >= 4 is 5.91 Å². The number of carbonyl (C=O) groups is 1. The number of nitrogens with zero attached hydrogens (tertiary/aromatic N) is 2. The Hall–Kier alpha value is -1.50. The smallest absolute Gasteiger partial charge is 0.236 e. The van der Waals surface area contributed by atoms with E-state index in [9.17, 15) is 9.18 Å². The van der Waals surface area contributed by atoms with Crippen molar-refractivity contribution in [3.05, 3.63) is 35.6 Å². The Labute approximate surface area is 131 Å². The van der Waals surface area contributed by atoms with Crippen LogP contribution in [-0.4, -0.2) is 68.7 Å². The highest BCUT2D eigenvalue weighted by atomic mass is 19.1. The Kier molecular flexibility index (Phi) is 6.30. The third-order valence-corrected chi connectivity index (χ3v) is 3.72. The Morgan fingerprint density at radius 1 is 1.55 bits per heavy atom. The van der Waals surface area contributed by atoms with E-state index >= 15 is 0 Å². The molecule has 0 spiro atoms. The average Bonchev–Trinajstić information content (AvgIpc) is 2.47. The maximum absolute atomic E-state index is 13.1. The van der Waals surface area contributed by atoms with Gasteiger partial charge in [0.2, 0.25) is 5.91 Å². The first-order valence-electron chi connectivity index (χ1n) is 7.54. The minimum absolute atomic E-state index is 0.0200. The van der Waals surface area contributed by atoms with Gasteiger partial charge >= 0.3 is 0 Å². The van der Waals surface area contributed by atoms with Crippen molar-refractivity contribution in [2.75, 3.05) is 46.9 Å². The molecule has 1 heterocycles. The number of benzene rings is 1. The van der Waals surface area contributed by atoms with Gasteiger partial charge < -0.3 is 19.9 Å². The van der Waals surface area contributed by atoms with Gasteiger partial charge in [0.05, 0.1) is 19.3 Å². The standard InChI is InChI=1S/C16H24FN3O2/c1-19-6-7-22-15(12-19)9-18-10-16(21)20(2)11-13-4-3-5-14(17)8-13/h3-5,8,15,18H,6-7,9-12H2,1-2H3/t15-/m0/s1. The molecule has 0 aromatic heterocycles. The SMILES string of the molecule is CN1CCO[C@@H](CNCC(=O)N(C)Cc2cccc(F)c2)C1. The number of halogens is 1. The molecule has 2 rings (SSSR count). The van der Waals surface area contributed by atoms with Gasteiger partial charge in [-0.1, -0.05) is 12.1 Å². The lowest BCUT2D eigenvalue weighted by molar-refractivity contribution is -0.129. The normalized spacial score (nSPS) is 19.1. The summed E-state index contributed by atoms with van der Waals surface area (Å²) in [6, 6.07) is 6.31. The second kappa shape index (κ2) is 8.22. The van der Waals surface area contributed by atoms with Crippen LogP contribution in [0, 0.1) is 5.82 Å². The predicted octanol–water partition coefficient (Wildman–Crippen LogP) is 0.704. The summed E-state index contributed by atoms with van der Waals surface area (Å²) in [4.78, 5) is 15.9. The van der Waals surface area contributed by atoms with Crippen LogP contribution < -0.4 is 5.32 Å². The van der Waals surface area contributed by atoms with Crippen LogP contribution >= 0.6 is 0 Å². The monoisotopic (exact) mass is 309 g/mol. The molecule has 0 bridgehead atoms. The van der Waals surface area contributed by atoms with Gasteiger partial charge in [-0.05, 0) is 24.7 Å². The molecular formula is C16H24FN3O2. The Balaban J connectivity index is 1.70. The molecule has 1 aliphatic rings. The van der Waals surface area contributed by atoms with Crippen molar-refractivity contribution in [3.63, 3.8) is 0 Å². The van der Waals surface area contributed by atoms with E-state index in [2.05, 4.69) is 17.3 Å². The zero-order valence-corrected chi connectivity index (χ0v) is 13.2. The highest BCUT2D eigenvalue weighted by Gasteiger charge is 2.18. The quantitative estimate of drug-likeness (QED) is 0.840. The minimum Gasteiger partial charge on any atom is -0.374 e. The van der Waals surface area contributed by atoms with Crippen molar-refractivity contribution in [2.45, 2.75) is 12.6 Å². The zero-order chi connectivity index (χ0) is 15.9. The molecule has 5 nitrogen and oxygen atoms in total. The first-order chi connectivity index (χ1) is 10.5. The number of carbonyl (C=O) groups excluding carboxylic acids is 1. The number of likely N-dealkylation sites (N-methyl/N-ethyl adjacent to an activating group) is 2. The second-order valence-corrected chi connectivity index (χ2v) is 5.77. The Morgan fingerprint density at radius 2 is 2.36 bits per heavy atom. The Bertz CT molecular complexity index is 498. The van der Waals surface area contributed by atoms with E-state index in [1.54, 1.807) is 18.0 Å². The summed E-state index contributed by atoms with van der Waals surface area (Å²) in [5.74, 6) is -0.302. The molecule has 0 unspecified atom stereocenters. The number of hydrogen-bond donors (Lipinski definition) is 1. The molecule has 1 aromatic rings. The topological polar surface area (TPSA) is 44.8 Å². The molecule has 22 heavy (non-hydrogen) atoms. The maximum atomic E-state index is 13.1. The van der Waals surface area contributed by atoms with Crippen molar-refractivity contribution in [1.29, 1.82) is 0 Å². The zero-order valence-electron chi connectivity index (χ0n) is 13.2. The lowest BCUT2D eigenvalue weighted by Gasteiger charge is -2.30. The fraction of sp³-hybridized carbons (Fsp3) is 0.562. The van der Waals surface area contributed by atoms with E-state index in [-0.39, 0.29) is 24.4 Å². The van der Waals surface area contributed by atoms with Gasteiger partial charge in [0.15, 0.2) is 0 Å². The molecule has 0 saturated carbocycles. The van der Waals surface area contributed by atoms with Crippen LogP contribution in [0.3, 0.4) is 0 Å². The molecular weight excluding hydrogens is 285 g/mol. The minimum atomic E-state index is -0.282. The summed E-state index contributed by atoms with van der Waals surface area (Å²) in [7, 11) is 3.78. The third-order valence-electron chi connectivity index (χ3n) is 3.72. The van der Waals surface area contributed by atoms with Gasteiger partial charge in [0, 0.05) is 33.2 Å². The maximum Gasteiger partial charge on any atom is 0.236 e. The van der Waals surface area contributed by atoms with Gasteiger partial charge in [0.25, 0.3) is 0 Å². The molecule has 1 aromatic carbocycles. The number of morpholine rings is 1. The number of hydrogen-bond acceptors (Lipinski definition) is 4. The fourth-order valence-corrected chi connectivity index (χ4v) is 2.46. The first-order valence-corrected chi connectivity index (χ1v) is 7.54. The summed E-state index contributed by atoms with van der Waals surface area (Å²) >= 11 is 0. The molecule has 122 valence electrons. The third kappa shape index (κ3) is 5.36. The van der Waals surface area contributed by atoms with Crippen molar-refractivity contribution in [2.24, 2.45) is 0 Å². The number of amides is 1. The van der Waals surface area contributed by atoms with Crippen LogP contribution in [0.25, 0.3) is 0 Å². The summed E-state index contributed by atoms with van der Waals surface area (Å²) in [6.07, 6.45) is 0.125. The molecule has 1 amide bonds. The van der Waals surface area contributed by atoms with Gasteiger partial charge in [-0.2, -0.15) is 0 Å². The van der Waals surface area contributed by atoms with Crippen LogP contribution in [0.5, 0.6) is 0 Å². The molecule has 6 heteroatoms. The van der Waals surface area contributed by atoms with E-state index in [1.165, 1.54) is 12.1 Å². The average molecular weight is 309 g/mol. The van der Waals surface area contributed by atoms with Crippen LogP contribution in [0.1, 0.15) is 5.56 Å². The van der Waals surface area contributed by atoms with Gasteiger partial charge in [-0.3, -0.25) is 4.79 Å². The molecule has 1 atom stereocenters. The number of nitrogens with one attached hydrogen (secondary N) is 1. The molecule has 1 fully saturated rings. The summed E-state index contributed by atoms with van der Waals surface area (Å²) in [6.45, 7) is 3.88. The van der Waals surface area contributed by atoms with Gasteiger partial charge in [-0.25, -0.2) is 4.39 Å². The highest BCUT2D eigenvalue weighted by molar-refractivity contribution is 5.77. The van der Waals surface area contributed by atoms with E-state index in [1.807, 2.05) is 6.07 Å². The van der Waals surface area contributed by atoms with Crippen LogP contribution in [0.2, 0.25) is 0 Å². The van der Waals surface area contributed by atoms with Crippen molar-refractivity contribution in [3.8, 4) is 0 Å². The van der Waals surface area contributed by atoms with Gasteiger partial charge in [0.1, 0.15) is 5.82 Å². The summed E-state index contributed by atoms with van der Waals surface area (Å²) in [5.41, 5.74) is 0.785. The molecule has 0 aliphatic carbocycles. The van der Waals surface area contributed by atoms with Crippen molar-refractivity contribution < 1.29 is 13.9 Å². The summed E-state index contributed by atoms with van der Waals surface area (Å²) < 4.78 is 18.8. The predicted molar refractivity (Wildman–Crippen MR) is 83.0 cm³/mol. The fourth-order valence-electron chi connectivity index (χ4n) is 2.46.